The van der Waals surface area contributed by atoms with Gasteiger partial charge in [0.15, 0.2) is 0 Å². The minimum absolute atomic E-state index is 0.0132. The van der Waals surface area contributed by atoms with Gasteiger partial charge in [-0.1, -0.05) is 13.0 Å². The summed E-state index contributed by atoms with van der Waals surface area (Å²) in [5.74, 6) is -0.319. The molecule has 5 nitrogen and oxygen atoms in total. The van der Waals surface area contributed by atoms with Gasteiger partial charge in [-0.2, -0.15) is 0 Å². The Bertz CT molecular complexity index is 383. The van der Waals surface area contributed by atoms with Crippen molar-refractivity contribution in [1.82, 2.24) is 10.3 Å². The fourth-order valence-corrected chi connectivity index (χ4v) is 1.66. The average Bonchev–Trinajstić information content (AvgIpc) is 2.43. The Kier molecular flexibility index (Phi) is 7.77. The predicted octanol–water partition coefficient (Wildman–Crippen LogP) is 1.31. The normalized spacial score (nSPS) is 10.4. The van der Waals surface area contributed by atoms with Gasteiger partial charge in [0, 0.05) is 19.3 Å². The van der Waals surface area contributed by atoms with Gasteiger partial charge in [-0.25, -0.2) is 4.79 Å². The van der Waals surface area contributed by atoms with E-state index in [1.165, 1.54) is 5.56 Å². The summed E-state index contributed by atoms with van der Waals surface area (Å²) in [6, 6.07) is 4.03. The summed E-state index contributed by atoms with van der Waals surface area (Å²) in [6.45, 7) is 6.17. The van der Waals surface area contributed by atoms with Crippen molar-refractivity contribution in [1.29, 1.82) is 0 Å². The summed E-state index contributed by atoms with van der Waals surface area (Å²) in [5.41, 5.74) is 2.32. The standard InChI is InChI=1S/C14H22N2O3/c1-3-12-6-5-7-16-13(12)10-15-8-9-18-11-14(17)19-4-2/h5-7,15H,3-4,8-11H2,1-2H3. The molecule has 5 heteroatoms. The maximum absolute atomic E-state index is 11.0. The molecule has 0 amide bonds. The molecule has 1 heterocycles. The topological polar surface area (TPSA) is 60.5 Å². The third kappa shape index (κ3) is 6.31. The van der Waals surface area contributed by atoms with Crippen molar-refractivity contribution in [3.05, 3.63) is 29.6 Å². The number of rotatable bonds is 9. The SMILES string of the molecule is CCOC(=O)COCCNCc1ncccc1CC. The molecule has 1 rings (SSSR count). The third-order valence-electron chi connectivity index (χ3n) is 2.61. The number of hydrogen-bond acceptors (Lipinski definition) is 5. The lowest BCUT2D eigenvalue weighted by Gasteiger charge is -2.08. The first-order valence-corrected chi connectivity index (χ1v) is 6.64. The zero-order valence-corrected chi connectivity index (χ0v) is 11.6. The van der Waals surface area contributed by atoms with Crippen LogP contribution in [0, 0.1) is 0 Å². The van der Waals surface area contributed by atoms with Crippen molar-refractivity contribution >= 4 is 5.97 Å². The van der Waals surface area contributed by atoms with Crippen LogP contribution in [0.3, 0.4) is 0 Å². The maximum Gasteiger partial charge on any atom is 0.332 e. The third-order valence-corrected chi connectivity index (χ3v) is 2.61. The largest absolute Gasteiger partial charge is 0.464 e. The average molecular weight is 266 g/mol. The van der Waals surface area contributed by atoms with Gasteiger partial charge in [-0.05, 0) is 25.0 Å². The lowest BCUT2D eigenvalue weighted by Crippen LogP contribution is -2.22. The number of nitrogens with one attached hydrogen (secondary N) is 1. The summed E-state index contributed by atoms with van der Waals surface area (Å²) in [7, 11) is 0. The number of hydrogen-bond donors (Lipinski definition) is 1. The number of aryl methyl sites for hydroxylation is 1. The fourth-order valence-electron chi connectivity index (χ4n) is 1.66. The molecule has 1 aromatic rings. The summed E-state index contributed by atoms with van der Waals surface area (Å²) in [6.07, 6.45) is 2.78. The molecule has 0 fully saturated rings. The Hall–Kier alpha value is -1.46. The van der Waals surface area contributed by atoms with Crippen LogP contribution in [0.2, 0.25) is 0 Å². The van der Waals surface area contributed by atoms with Crippen LogP contribution in [0.4, 0.5) is 0 Å². The van der Waals surface area contributed by atoms with Crippen molar-refractivity contribution in [2.24, 2.45) is 0 Å². The van der Waals surface area contributed by atoms with E-state index < -0.39 is 0 Å². The van der Waals surface area contributed by atoms with Crippen LogP contribution in [0.5, 0.6) is 0 Å². The molecule has 0 atom stereocenters. The van der Waals surface area contributed by atoms with E-state index in [4.69, 9.17) is 9.47 Å². The van der Waals surface area contributed by atoms with Crippen molar-refractivity contribution < 1.29 is 14.3 Å². The molecule has 0 aliphatic rings. The monoisotopic (exact) mass is 266 g/mol. The van der Waals surface area contributed by atoms with Gasteiger partial charge in [0.1, 0.15) is 6.61 Å². The fraction of sp³-hybridized carbons (Fsp3) is 0.571. The number of nitrogens with zero attached hydrogens (tertiary/aromatic N) is 1. The zero-order valence-electron chi connectivity index (χ0n) is 11.6. The maximum atomic E-state index is 11.0. The second-order valence-corrected chi connectivity index (χ2v) is 4.00. The van der Waals surface area contributed by atoms with E-state index in [-0.39, 0.29) is 12.6 Å². The van der Waals surface area contributed by atoms with Gasteiger partial charge in [-0.3, -0.25) is 4.98 Å². The van der Waals surface area contributed by atoms with Crippen molar-refractivity contribution in [2.45, 2.75) is 26.8 Å². The Balaban J connectivity index is 2.12. The molecule has 0 spiro atoms. The van der Waals surface area contributed by atoms with Crippen molar-refractivity contribution in [3.8, 4) is 0 Å². The first kappa shape index (κ1) is 15.6. The number of ether oxygens (including phenoxy) is 2. The minimum atomic E-state index is -0.319. The van der Waals surface area contributed by atoms with E-state index >= 15 is 0 Å². The molecule has 1 aromatic heterocycles. The highest BCUT2D eigenvalue weighted by Crippen LogP contribution is 2.05. The molecular formula is C14H22N2O3. The first-order chi connectivity index (χ1) is 9.27. The zero-order chi connectivity index (χ0) is 13.9. The number of aromatic nitrogens is 1. The van der Waals surface area contributed by atoms with Gasteiger partial charge in [0.25, 0.3) is 0 Å². The van der Waals surface area contributed by atoms with Crippen LogP contribution < -0.4 is 5.32 Å². The van der Waals surface area contributed by atoms with Gasteiger partial charge in [0.05, 0.1) is 18.9 Å². The van der Waals surface area contributed by atoms with Crippen LogP contribution in [-0.4, -0.2) is 37.3 Å². The molecular weight excluding hydrogens is 244 g/mol. The van der Waals surface area contributed by atoms with E-state index in [9.17, 15) is 4.79 Å². The number of pyridine rings is 1. The number of carbonyl (C=O) groups is 1. The van der Waals surface area contributed by atoms with Gasteiger partial charge < -0.3 is 14.8 Å². The Morgan fingerprint density at radius 2 is 2.26 bits per heavy atom. The van der Waals surface area contributed by atoms with Gasteiger partial charge in [-0.15, -0.1) is 0 Å². The lowest BCUT2D eigenvalue weighted by molar-refractivity contribution is -0.148. The number of carbonyl (C=O) groups excluding carboxylic acids is 1. The molecule has 106 valence electrons. The molecule has 0 unspecified atom stereocenters. The number of esters is 1. The van der Waals surface area contributed by atoms with Crippen LogP contribution in [0.1, 0.15) is 25.1 Å². The summed E-state index contributed by atoms with van der Waals surface area (Å²) in [4.78, 5) is 15.3. The summed E-state index contributed by atoms with van der Waals surface area (Å²) >= 11 is 0. The molecule has 0 saturated carbocycles. The smallest absolute Gasteiger partial charge is 0.332 e. The van der Waals surface area contributed by atoms with Gasteiger partial charge >= 0.3 is 5.97 Å². The van der Waals surface area contributed by atoms with E-state index in [2.05, 4.69) is 23.3 Å². The van der Waals surface area contributed by atoms with Crippen LogP contribution in [0.15, 0.2) is 18.3 Å². The Morgan fingerprint density at radius 3 is 3.00 bits per heavy atom. The van der Waals surface area contributed by atoms with Crippen LogP contribution >= 0.6 is 0 Å². The van der Waals surface area contributed by atoms with E-state index in [1.807, 2.05) is 6.07 Å². The second-order valence-electron chi connectivity index (χ2n) is 4.00. The molecule has 19 heavy (non-hydrogen) atoms. The van der Waals surface area contributed by atoms with Crippen LogP contribution in [0.25, 0.3) is 0 Å². The quantitative estimate of drug-likeness (QED) is 0.539. The second kappa shape index (κ2) is 9.47. The first-order valence-electron chi connectivity index (χ1n) is 6.64. The predicted molar refractivity (Wildman–Crippen MR) is 72.8 cm³/mol. The lowest BCUT2D eigenvalue weighted by atomic mass is 10.1. The molecule has 0 aromatic carbocycles. The molecule has 0 bridgehead atoms. The summed E-state index contributed by atoms with van der Waals surface area (Å²) < 4.78 is 9.94. The van der Waals surface area contributed by atoms with Crippen LogP contribution in [-0.2, 0) is 27.2 Å². The molecule has 1 N–H and O–H groups in total. The molecule has 0 aliphatic heterocycles. The highest BCUT2D eigenvalue weighted by Gasteiger charge is 2.02. The van der Waals surface area contributed by atoms with E-state index in [0.717, 1.165) is 12.1 Å². The highest BCUT2D eigenvalue weighted by molar-refractivity contribution is 5.70. The Morgan fingerprint density at radius 1 is 1.42 bits per heavy atom. The molecule has 0 aliphatic carbocycles. The molecule has 0 radical (unpaired) electrons. The minimum Gasteiger partial charge on any atom is -0.464 e. The Labute approximate surface area is 114 Å². The van der Waals surface area contributed by atoms with E-state index in [1.54, 1.807) is 13.1 Å². The highest BCUT2D eigenvalue weighted by atomic mass is 16.6. The van der Waals surface area contributed by atoms with E-state index in [0.29, 0.717) is 26.3 Å². The summed E-state index contributed by atoms with van der Waals surface area (Å²) in [5, 5.41) is 3.24. The molecule has 0 saturated heterocycles. The van der Waals surface area contributed by atoms with Crippen molar-refractivity contribution in [2.75, 3.05) is 26.4 Å². The van der Waals surface area contributed by atoms with Crippen molar-refractivity contribution in [3.63, 3.8) is 0 Å². The van der Waals surface area contributed by atoms with Gasteiger partial charge in [0.2, 0.25) is 0 Å².